The largest absolute Gasteiger partial charge is 0.300 e. The van der Waals surface area contributed by atoms with Crippen LogP contribution in [-0.2, 0) is 0 Å². The Hall–Kier alpha value is -1.75. The lowest BCUT2D eigenvalue weighted by molar-refractivity contribution is 0.130. The quantitative estimate of drug-likeness (QED) is 0.851. The highest BCUT2D eigenvalue weighted by molar-refractivity contribution is 5.57. The van der Waals surface area contributed by atoms with Crippen molar-refractivity contribution in [3.8, 4) is 11.3 Å². The van der Waals surface area contributed by atoms with E-state index in [1.807, 2.05) is 10.9 Å². The van der Waals surface area contributed by atoms with Gasteiger partial charge in [0, 0.05) is 17.6 Å². The average molecular weight is 286 g/mol. The van der Waals surface area contributed by atoms with Gasteiger partial charge in [0.05, 0.1) is 12.2 Å². The number of rotatable bonds is 2. The normalized spacial score (nSPS) is 29.0. The summed E-state index contributed by atoms with van der Waals surface area (Å²) in [6, 6.07) is 8.25. The van der Waals surface area contributed by atoms with Gasteiger partial charge < -0.3 is 4.90 Å². The lowest BCUT2D eigenvalue weighted by Gasteiger charge is -2.36. The standard InChI is InChI=1S/C16H19FN4/c1-20-13-6-7-14(20)9-15(8-13)21-10-16(18-19-21)11-2-4-12(17)5-3-11/h2-5,10,13-15H,6-9H2,1H3/t13-,14+,15+. The first-order valence-electron chi connectivity index (χ1n) is 7.60. The molecule has 0 aliphatic carbocycles. The van der Waals surface area contributed by atoms with E-state index in [2.05, 4.69) is 22.3 Å². The number of hydrogen-bond donors (Lipinski definition) is 0. The molecule has 3 heterocycles. The highest BCUT2D eigenvalue weighted by Gasteiger charge is 2.39. The predicted molar refractivity (Wildman–Crippen MR) is 78.3 cm³/mol. The maximum Gasteiger partial charge on any atom is 0.123 e. The summed E-state index contributed by atoms with van der Waals surface area (Å²) in [5.74, 6) is -0.224. The van der Waals surface area contributed by atoms with Crippen molar-refractivity contribution in [2.24, 2.45) is 0 Å². The first-order chi connectivity index (χ1) is 10.2. The van der Waals surface area contributed by atoms with E-state index in [9.17, 15) is 4.39 Å². The Balaban J connectivity index is 1.56. The van der Waals surface area contributed by atoms with Crippen LogP contribution in [0.15, 0.2) is 30.5 Å². The molecule has 0 saturated carbocycles. The minimum atomic E-state index is -0.224. The van der Waals surface area contributed by atoms with Crippen molar-refractivity contribution in [3.63, 3.8) is 0 Å². The first kappa shape index (κ1) is 13.0. The van der Waals surface area contributed by atoms with Crippen LogP contribution in [0.1, 0.15) is 31.7 Å². The van der Waals surface area contributed by atoms with E-state index in [0.29, 0.717) is 18.1 Å². The van der Waals surface area contributed by atoms with Gasteiger partial charge in [-0.1, -0.05) is 5.21 Å². The molecule has 2 aliphatic heterocycles. The molecular weight excluding hydrogens is 267 g/mol. The van der Waals surface area contributed by atoms with Crippen LogP contribution >= 0.6 is 0 Å². The van der Waals surface area contributed by atoms with E-state index < -0.39 is 0 Å². The van der Waals surface area contributed by atoms with E-state index in [0.717, 1.165) is 24.1 Å². The number of fused-ring (bicyclic) bond motifs is 2. The van der Waals surface area contributed by atoms with Crippen LogP contribution in [-0.4, -0.2) is 39.0 Å². The second-order valence-corrected chi connectivity index (χ2v) is 6.27. The van der Waals surface area contributed by atoms with E-state index in [4.69, 9.17) is 0 Å². The van der Waals surface area contributed by atoms with Gasteiger partial charge in [0.15, 0.2) is 0 Å². The third kappa shape index (κ3) is 2.25. The Bertz CT molecular complexity index is 622. The van der Waals surface area contributed by atoms with Crippen molar-refractivity contribution in [3.05, 3.63) is 36.3 Å². The van der Waals surface area contributed by atoms with Crippen molar-refractivity contribution in [2.75, 3.05) is 7.05 Å². The highest BCUT2D eigenvalue weighted by Crippen LogP contribution is 2.39. The maximum atomic E-state index is 13.0. The van der Waals surface area contributed by atoms with Crippen LogP contribution in [0.25, 0.3) is 11.3 Å². The molecule has 2 aliphatic rings. The van der Waals surface area contributed by atoms with Gasteiger partial charge in [0.1, 0.15) is 11.5 Å². The van der Waals surface area contributed by atoms with Crippen molar-refractivity contribution in [1.82, 2.24) is 19.9 Å². The molecule has 110 valence electrons. The Morgan fingerprint density at radius 2 is 1.71 bits per heavy atom. The van der Waals surface area contributed by atoms with Gasteiger partial charge in [-0.15, -0.1) is 5.10 Å². The van der Waals surface area contributed by atoms with Crippen LogP contribution in [0.3, 0.4) is 0 Å². The molecule has 2 aromatic rings. The average Bonchev–Trinajstić information content (AvgIpc) is 3.03. The SMILES string of the molecule is CN1[C@@H]2CC[C@H]1C[C@@H](n1cc(-c3ccc(F)cc3)nn1)C2. The first-order valence-corrected chi connectivity index (χ1v) is 7.60. The molecule has 0 unspecified atom stereocenters. The molecule has 0 N–H and O–H groups in total. The zero-order chi connectivity index (χ0) is 14.4. The van der Waals surface area contributed by atoms with E-state index in [1.165, 1.54) is 25.0 Å². The van der Waals surface area contributed by atoms with Gasteiger partial charge in [0.2, 0.25) is 0 Å². The Labute approximate surface area is 123 Å². The predicted octanol–water partition coefficient (Wildman–Crippen LogP) is 2.88. The summed E-state index contributed by atoms with van der Waals surface area (Å²) < 4.78 is 15.0. The molecule has 5 heteroatoms. The number of piperidine rings is 1. The Morgan fingerprint density at radius 1 is 1.05 bits per heavy atom. The number of benzene rings is 1. The van der Waals surface area contributed by atoms with Crippen LogP contribution in [0.4, 0.5) is 4.39 Å². The Kier molecular flexibility index (Phi) is 3.03. The summed E-state index contributed by atoms with van der Waals surface area (Å²) in [6.45, 7) is 0. The second kappa shape index (κ2) is 4.91. The summed E-state index contributed by atoms with van der Waals surface area (Å²) in [4.78, 5) is 2.52. The van der Waals surface area contributed by atoms with Crippen molar-refractivity contribution in [1.29, 1.82) is 0 Å². The van der Waals surface area contributed by atoms with Gasteiger partial charge in [-0.3, -0.25) is 0 Å². The molecule has 1 aromatic carbocycles. The molecule has 0 spiro atoms. The van der Waals surface area contributed by atoms with Gasteiger partial charge >= 0.3 is 0 Å². The molecule has 2 bridgehead atoms. The van der Waals surface area contributed by atoms with Gasteiger partial charge in [0.25, 0.3) is 0 Å². The fraction of sp³-hybridized carbons (Fsp3) is 0.500. The molecule has 0 radical (unpaired) electrons. The monoisotopic (exact) mass is 286 g/mol. The minimum Gasteiger partial charge on any atom is -0.300 e. The van der Waals surface area contributed by atoms with E-state index in [1.54, 1.807) is 12.1 Å². The number of hydrogen-bond acceptors (Lipinski definition) is 3. The van der Waals surface area contributed by atoms with Gasteiger partial charge in [-0.2, -0.15) is 0 Å². The van der Waals surface area contributed by atoms with Gasteiger partial charge in [-0.25, -0.2) is 9.07 Å². The second-order valence-electron chi connectivity index (χ2n) is 6.27. The van der Waals surface area contributed by atoms with Crippen LogP contribution in [0.5, 0.6) is 0 Å². The summed E-state index contributed by atoms with van der Waals surface area (Å²) in [7, 11) is 2.24. The smallest absolute Gasteiger partial charge is 0.123 e. The fourth-order valence-electron chi connectivity index (χ4n) is 3.81. The molecule has 2 fully saturated rings. The van der Waals surface area contributed by atoms with Crippen LogP contribution in [0.2, 0.25) is 0 Å². The molecular formula is C16H19FN4. The minimum absolute atomic E-state index is 0.224. The third-order valence-corrected chi connectivity index (χ3v) is 5.10. The topological polar surface area (TPSA) is 34.0 Å². The lowest BCUT2D eigenvalue weighted by atomic mass is 9.98. The third-order valence-electron chi connectivity index (χ3n) is 5.10. The lowest BCUT2D eigenvalue weighted by Crippen LogP contribution is -2.40. The molecule has 1 aromatic heterocycles. The molecule has 4 rings (SSSR count). The summed E-state index contributed by atoms with van der Waals surface area (Å²) >= 11 is 0. The molecule has 4 nitrogen and oxygen atoms in total. The highest BCUT2D eigenvalue weighted by atomic mass is 19.1. The zero-order valence-corrected chi connectivity index (χ0v) is 12.1. The molecule has 3 atom stereocenters. The van der Waals surface area contributed by atoms with Gasteiger partial charge in [-0.05, 0) is 57.0 Å². The van der Waals surface area contributed by atoms with Crippen molar-refractivity contribution < 1.29 is 4.39 Å². The number of nitrogens with zero attached hydrogens (tertiary/aromatic N) is 4. The summed E-state index contributed by atoms with van der Waals surface area (Å²) in [6.07, 6.45) is 6.91. The maximum absolute atomic E-state index is 13.0. The molecule has 21 heavy (non-hydrogen) atoms. The van der Waals surface area contributed by atoms with E-state index >= 15 is 0 Å². The molecule has 2 saturated heterocycles. The van der Waals surface area contributed by atoms with Crippen molar-refractivity contribution in [2.45, 2.75) is 43.8 Å². The van der Waals surface area contributed by atoms with E-state index in [-0.39, 0.29) is 5.82 Å². The summed E-state index contributed by atoms with van der Waals surface area (Å²) in [5.41, 5.74) is 1.74. The van der Waals surface area contributed by atoms with Crippen LogP contribution < -0.4 is 0 Å². The number of halogens is 1. The Morgan fingerprint density at radius 3 is 2.38 bits per heavy atom. The van der Waals surface area contributed by atoms with Crippen LogP contribution in [0, 0.1) is 5.82 Å². The zero-order valence-electron chi connectivity index (χ0n) is 12.1. The fourth-order valence-corrected chi connectivity index (χ4v) is 3.81. The molecule has 0 amide bonds. The van der Waals surface area contributed by atoms with Crippen molar-refractivity contribution >= 4 is 0 Å². The summed E-state index contributed by atoms with van der Waals surface area (Å²) in [5, 5.41) is 8.57. The number of aromatic nitrogens is 3.